The smallest absolute Gasteiger partial charge is 0.116 e. The van der Waals surface area contributed by atoms with Gasteiger partial charge in [-0.15, -0.1) is 0 Å². The zero-order chi connectivity index (χ0) is 24.5. The van der Waals surface area contributed by atoms with E-state index in [2.05, 4.69) is 88.5 Å². The summed E-state index contributed by atoms with van der Waals surface area (Å²) in [7, 11) is 0.764. The van der Waals surface area contributed by atoms with E-state index in [-0.39, 0.29) is 0 Å². The highest BCUT2D eigenvalue weighted by Gasteiger charge is 2.13. The van der Waals surface area contributed by atoms with Crippen molar-refractivity contribution in [3.8, 4) is 11.3 Å². The van der Waals surface area contributed by atoms with Crippen LogP contribution >= 0.6 is 31.2 Å². The fourth-order valence-electron chi connectivity index (χ4n) is 4.29. The van der Waals surface area contributed by atoms with Crippen LogP contribution in [-0.4, -0.2) is 49.2 Å². The van der Waals surface area contributed by atoms with Crippen molar-refractivity contribution < 1.29 is 4.74 Å². The Bertz CT molecular complexity index is 1190. The number of halogens is 1. The van der Waals surface area contributed by atoms with E-state index in [1.807, 2.05) is 18.5 Å². The zero-order valence-electron chi connectivity index (χ0n) is 20.4. The van der Waals surface area contributed by atoms with Crippen molar-refractivity contribution in [3.63, 3.8) is 0 Å². The van der Waals surface area contributed by atoms with Gasteiger partial charge in [0.25, 0.3) is 0 Å². The molecular weight excluding hydrogens is 566 g/mol. The van der Waals surface area contributed by atoms with Crippen LogP contribution in [0.1, 0.15) is 24.5 Å². The molecule has 7 heteroatoms. The van der Waals surface area contributed by atoms with Gasteiger partial charge in [0, 0.05) is 52.4 Å². The first-order valence-electron chi connectivity index (χ1n) is 12.1. The predicted octanol–water partition coefficient (Wildman–Crippen LogP) is 6.36. The Balaban J connectivity index is 1.73. The number of hydrogen-bond donors (Lipinski definition) is 0. The minimum absolute atomic E-state index is 0.755. The van der Waals surface area contributed by atoms with Crippen molar-refractivity contribution in [2.75, 3.05) is 37.9 Å². The summed E-state index contributed by atoms with van der Waals surface area (Å²) in [5.74, 6) is 0. The molecule has 1 atom stereocenters. The van der Waals surface area contributed by atoms with Crippen molar-refractivity contribution in [1.29, 1.82) is 0 Å². The number of ether oxygens (including phenoxy) is 1. The van der Waals surface area contributed by atoms with Crippen molar-refractivity contribution in [3.05, 3.63) is 86.8 Å². The number of anilines is 1. The maximum absolute atomic E-state index is 5.52. The second kappa shape index (κ2) is 13.2. The monoisotopic (exact) mass is 598 g/mol. The number of aromatic nitrogens is 2. The van der Waals surface area contributed by atoms with Crippen LogP contribution in [0, 0.1) is 3.57 Å². The maximum Gasteiger partial charge on any atom is 0.116 e. The van der Waals surface area contributed by atoms with E-state index in [9.17, 15) is 0 Å². The lowest BCUT2D eigenvalue weighted by atomic mass is 9.96. The van der Waals surface area contributed by atoms with Crippen LogP contribution in [0.15, 0.2) is 77.1 Å². The van der Waals surface area contributed by atoms with E-state index in [1.165, 1.54) is 22.1 Å². The molecule has 5 nitrogen and oxygen atoms in total. The first-order valence-corrected chi connectivity index (χ1v) is 14.6. The number of benzene rings is 1. The molecule has 1 unspecified atom stereocenters. The average Bonchev–Trinajstić information content (AvgIpc) is 3.13. The molecule has 4 rings (SSSR count). The molecule has 35 heavy (non-hydrogen) atoms. The van der Waals surface area contributed by atoms with Crippen LogP contribution in [0.4, 0.5) is 5.69 Å². The van der Waals surface area contributed by atoms with Gasteiger partial charge in [-0.2, -0.15) is 0 Å². The first-order chi connectivity index (χ1) is 17.2. The summed E-state index contributed by atoms with van der Waals surface area (Å²) in [5, 5.41) is 1.44. The Hall–Kier alpha value is -2.15. The second-order valence-corrected chi connectivity index (χ2v) is 10.6. The number of rotatable bonds is 6. The van der Waals surface area contributed by atoms with Gasteiger partial charge >= 0.3 is 0 Å². The van der Waals surface area contributed by atoms with Crippen LogP contribution in [-0.2, 0) is 17.6 Å². The van der Waals surface area contributed by atoms with E-state index >= 15 is 0 Å². The van der Waals surface area contributed by atoms with Gasteiger partial charge in [-0.05, 0) is 88.9 Å². The Labute approximate surface area is 224 Å². The Morgan fingerprint density at radius 1 is 1.09 bits per heavy atom. The third kappa shape index (κ3) is 6.96. The van der Waals surface area contributed by atoms with Gasteiger partial charge in [0.05, 0.1) is 18.9 Å². The van der Waals surface area contributed by atoms with E-state index in [0.29, 0.717) is 0 Å². The first kappa shape index (κ1) is 25.9. The van der Waals surface area contributed by atoms with Crippen molar-refractivity contribution in [1.82, 2.24) is 9.97 Å². The Morgan fingerprint density at radius 2 is 1.94 bits per heavy atom. The maximum atomic E-state index is 5.52. The van der Waals surface area contributed by atoms with E-state index in [0.717, 1.165) is 74.7 Å². The average molecular weight is 598 g/mol. The number of allylic oxidation sites excluding steroid dienone is 4. The highest BCUT2D eigenvalue weighted by atomic mass is 127. The topological polar surface area (TPSA) is 50.6 Å². The Morgan fingerprint density at radius 3 is 2.74 bits per heavy atom. The van der Waals surface area contributed by atoms with E-state index in [4.69, 9.17) is 14.7 Å². The fourth-order valence-corrected chi connectivity index (χ4v) is 5.68. The Kier molecular flexibility index (Phi) is 9.81. The van der Waals surface area contributed by atoms with Gasteiger partial charge in [0.15, 0.2) is 0 Å². The summed E-state index contributed by atoms with van der Waals surface area (Å²) in [6.07, 6.45) is 12.5. The summed E-state index contributed by atoms with van der Waals surface area (Å²) in [4.78, 5) is 16.3. The van der Waals surface area contributed by atoms with E-state index < -0.39 is 0 Å². The molecule has 0 saturated carbocycles. The zero-order valence-corrected chi connectivity index (χ0v) is 23.5. The van der Waals surface area contributed by atoms with E-state index in [1.54, 1.807) is 6.33 Å². The molecule has 1 saturated heterocycles. The van der Waals surface area contributed by atoms with Crippen LogP contribution in [0.5, 0.6) is 0 Å². The van der Waals surface area contributed by atoms with Gasteiger partial charge in [-0.1, -0.05) is 33.7 Å². The standard InChI is InChI=1S/C28H32IN4OP/c1-3-21-7-8-22(18-23(21)19-26-27(35-2)6-4-5-12-31-26)28-25(29)10-9-24(11-13-30-20-32-28)33-14-16-34-17-15-33/h4-5,7-13,18,20,35H,3,6,14-17,19H2,1-2H3. The lowest BCUT2D eigenvalue weighted by Gasteiger charge is -2.28. The molecule has 0 aliphatic carbocycles. The predicted molar refractivity (Wildman–Crippen MR) is 157 cm³/mol. The van der Waals surface area contributed by atoms with Crippen LogP contribution in [0.25, 0.3) is 11.3 Å². The summed E-state index contributed by atoms with van der Waals surface area (Å²) >= 11 is 2.39. The van der Waals surface area contributed by atoms with Gasteiger partial charge in [0.2, 0.25) is 0 Å². The van der Waals surface area contributed by atoms with Crippen LogP contribution in [0.3, 0.4) is 0 Å². The molecule has 1 fully saturated rings. The summed E-state index contributed by atoms with van der Waals surface area (Å²) in [5.41, 5.74) is 7.06. The lowest BCUT2D eigenvalue weighted by molar-refractivity contribution is 0.122. The normalized spacial score (nSPS) is 16.0. The molecule has 0 N–H and O–H groups in total. The molecular formula is C28H32IN4OP. The highest BCUT2D eigenvalue weighted by molar-refractivity contribution is 14.1. The number of aliphatic imine (C=N–C) groups is 1. The summed E-state index contributed by atoms with van der Waals surface area (Å²) < 4.78 is 6.60. The van der Waals surface area contributed by atoms with Crippen LogP contribution in [0.2, 0.25) is 0 Å². The molecule has 3 heterocycles. The molecule has 182 valence electrons. The number of nitrogens with zero attached hydrogens (tertiary/aromatic N) is 4. The molecule has 0 radical (unpaired) electrons. The lowest BCUT2D eigenvalue weighted by Crippen LogP contribution is -2.36. The largest absolute Gasteiger partial charge is 0.378 e. The third-order valence-electron chi connectivity index (χ3n) is 6.23. The van der Waals surface area contributed by atoms with Gasteiger partial charge < -0.3 is 9.64 Å². The summed E-state index contributed by atoms with van der Waals surface area (Å²) in [6, 6.07) is 13.1. The number of morpholine rings is 1. The minimum atomic E-state index is 0.755. The third-order valence-corrected chi connectivity index (χ3v) is 8.20. The highest BCUT2D eigenvalue weighted by Crippen LogP contribution is 2.32. The molecule has 0 amide bonds. The second-order valence-electron chi connectivity index (χ2n) is 8.36. The molecule has 0 spiro atoms. The van der Waals surface area contributed by atoms with Crippen molar-refractivity contribution in [2.45, 2.75) is 26.2 Å². The molecule has 2 aromatic rings. The molecule has 1 aromatic heterocycles. The minimum Gasteiger partial charge on any atom is -0.378 e. The SMILES string of the molecule is CCc1ccc(-c2ncnccc(N3CCOCC3)ccc2I)cc1CC1=C(PC)CC=CC=N1. The van der Waals surface area contributed by atoms with Gasteiger partial charge in [-0.3, -0.25) is 4.99 Å². The van der Waals surface area contributed by atoms with Gasteiger partial charge in [-0.25, -0.2) is 9.97 Å². The molecule has 2 aliphatic rings. The molecule has 1 aromatic carbocycles. The van der Waals surface area contributed by atoms with Crippen LogP contribution < -0.4 is 4.90 Å². The van der Waals surface area contributed by atoms with Crippen molar-refractivity contribution in [2.24, 2.45) is 4.99 Å². The number of aryl methyl sites for hydroxylation is 1. The van der Waals surface area contributed by atoms with Crippen molar-refractivity contribution >= 4 is 43.1 Å². The quantitative estimate of drug-likeness (QED) is 0.287. The molecule has 0 bridgehead atoms. The van der Waals surface area contributed by atoms with Gasteiger partial charge in [0.1, 0.15) is 6.33 Å². The number of hydrogen-bond acceptors (Lipinski definition) is 5. The summed E-state index contributed by atoms with van der Waals surface area (Å²) in [6.45, 7) is 7.75. The fraction of sp³-hybridized carbons (Fsp3) is 0.321. The molecule has 2 aliphatic heterocycles.